The van der Waals surface area contributed by atoms with Gasteiger partial charge in [0.1, 0.15) is 24.0 Å². The Morgan fingerprint density at radius 2 is 1.50 bits per heavy atom. The zero-order valence-electron chi connectivity index (χ0n) is 17.2. The van der Waals surface area contributed by atoms with E-state index < -0.39 is 29.8 Å². The fraction of sp³-hybridized carbons (Fsp3) is 0.318. The van der Waals surface area contributed by atoms with Crippen LogP contribution in [0.15, 0.2) is 60.7 Å². The molecule has 0 aliphatic carbocycles. The van der Waals surface area contributed by atoms with E-state index in [2.05, 4.69) is 10.6 Å². The zero-order chi connectivity index (χ0) is 22.0. The Morgan fingerprint density at radius 3 is 2.10 bits per heavy atom. The molecule has 0 aliphatic rings. The molecule has 0 bridgehead atoms. The molecule has 1 atom stereocenters. The van der Waals surface area contributed by atoms with E-state index in [1.54, 1.807) is 63.2 Å². The molecule has 0 aromatic heterocycles. The van der Waals surface area contributed by atoms with Crippen molar-refractivity contribution in [2.75, 3.05) is 6.54 Å². The number of rotatable bonds is 7. The lowest BCUT2D eigenvalue weighted by atomic mass is 10.2. The van der Waals surface area contributed by atoms with Gasteiger partial charge in [-0.25, -0.2) is 14.4 Å². The lowest BCUT2D eigenvalue weighted by Crippen LogP contribution is -2.50. The van der Waals surface area contributed by atoms with Crippen LogP contribution in [0.4, 0.5) is 9.59 Å². The van der Waals surface area contributed by atoms with Crippen molar-refractivity contribution in [3.8, 4) is 5.75 Å². The molecule has 160 valence electrons. The van der Waals surface area contributed by atoms with E-state index in [1.807, 2.05) is 18.2 Å². The van der Waals surface area contributed by atoms with Crippen molar-refractivity contribution >= 4 is 18.2 Å². The smallest absolute Gasteiger partial charge is 0.408 e. The van der Waals surface area contributed by atoms with Gasteiger partial charge in [-0.2, -0.15) is 0 Å². The average Bonchev–Trinajstić information content (AvgIpc) is 2.69. The first kappa shape index (κ1) is 22.7. The van der Waals surface area contributed by atoms with Crippen molar-refractivity contribution in [1.29, 1.82) is 0 Å². The Morgan fingerprint density at radius 1 is 0.900 bits per heavy atom. The Bertz CT molecular complexity index is 834. The fourth-order valence-corrected chi connectivity index (χ4v) is 2.28. The first-order valence-corrected chi connectivity index (χ1v) is 9.44. The van der Waals surface area contributed by atoms with E-state index in [9.17, 15) is 14.4 Å². The third-order valence-electron chi connectivity index (χ3n) is 3.60. The van der Waals surface area contributed by atoms with Crippen LogP contribution in [0.1, 0.15) is 26.3 Å². The fourth-order valence-electron chi connectivity index (χ4n) is 2.28. The van der Waals surface area contributed by atoms with Gasteiger partial charge >= 0.3 is 18.2 Å². The molecule has 0 fully saturated rings. The van der Waals surface area contributed by atoms with Crippen LogP contribution in [-0.2, 0) is 20.9 Å². The summed E-state index contributed by atoms with van der Waals surface area (Å²) in [5.41, 5.74) is 0.0922. The molecule has 30 heavy (non-hydrogen) atoms. The molecule has 0 radical (unpaired) electrons. The third-order valence-corrected chi connectivity index (χ3v) is 3.60. The lowest BCUT2D eigenvalue weighted by Gasteiger charge is -2.22. The maximum absolute atomic E-state index is 12.5. The number of alkyl carbamates (subject to hydrolysis) is 2. The number of hydrogen-bond acceptors (Lipinski definition) is 6. The molecule has 2 aromatic carbocycles. The summed E-state index contributed by atoms with van der Waals surface area (Å²) in [6.45, 7) is 4.94. The largest absolute Gasteiger partial charge is 0.445 e. The van der Waals surface area contributed by atoms with Crippen molar-refractivity contribution in [3.05, 3.63) is 66.2 Å². The van der Waals surface area contributed by atoms with Gasteiger partial charge in [0.2, 0.25) is 0 Å². The highest BCUT2D eigenvalue weighted by molar-refractivity contribution is 5.83. The molecular formula is C22H26N2O6. The summed E-state index contributed by atoms with van der Waals surface area (Å²) >= 11 is 0. The molecule has 1 unspecified atom stereocenters. The van der Waals surface area contributed by atoms with E-state index in [1.165, 1.54) is 0 Å². The number of ether oxygens (including phenoxy) is 3. The van der Waals surface area contributed by atoms with Gasteiger partial charge in [-0.3, -0.25) is 0 Å². The molecule has 2 rings (SSSR count). The Hall–Kier alpha value is -3.55. The standard InChI is InChI=1S/C22H26N2O6/c1-22(2,3)30-20(26)23-14-18(19(25)29-17-12-8-5-9-13-17)24-21(27)28-15-16-10-6-4-7-11-16/h4-13,18H,14-15H2,1-3H3,(H,23,26)(H,24,27). The minimum atomic E-state index is -1.18. The summed E-state index contributed by atoms with van der Waals surface area (Å²) in [6, 6.07) is 16.3. The highest BCUT2D eigenvalue weighted by atomic mass is 16.6. The lowest BCUT2D eigenvalue weighted by molar-refractivity contribution is -0.136. The molecule has 0 heterocycles. The predicted octanol–water partition coefficient (Wildman–Crippen LogP) is 3.41. The van der Waals surface area contributed by atoms with Gasteiger partial charge in [-0.05, 0) is 38.5 Å². The molecule has 0 saturated heterocycles. The van der Waals surface area contributed by atoms with E-state index >= 15 is 0 Å². The Labute approximate surface area is 175 Å². The number of nitrogens with one attached hydrogen (secondary N) is 2. The number of hydrogen-bond donors (Lipinski definition) is 2. The van der Waals surface area contributed by atoms with Gasteiger partial charge in [0, 0.05) is 0 Å². The SMILES string of the molecule is CC(C)(C)OC(=O)NCC(NC(=O)OCc1ccccc1)C(=O)Oc1ccccc1. The quantitative estimate of drug-likeness (QED) is 0.532. The van der Waals surface area contributed by atoms with Crippen molar-refractivity contribution in [1.82, 2.24) is 10.6 Å². The van der Waals surface area contributed by atoms with E-state index in [0.29, 0.717) is 5.75 Å². The molecule has 0 saturated carbocycles. The minimum absolute atomic E-state index is 0.0343. The van der Waals surface area contributed by atoms with Gasteiger partial charge in [0.05, 0.1) is 6.54 Å². The summed E-state index contributed by atoms with van der Waals surface area (Å²) < 4.78 is 15.6. The monoisotopic (exact) mass is 414 g/mol. The minimum Gasteiger partial charge on any atom is -0.445 e. The summed E-state index contributed by atoms with van der Waals surface area (Å²) in [5, 5.41) is 4.87. The average molecular weight is 414 g/mol. The van der Waals surface area contributed by atoms with Crippen LogP contribution in [0.3, 0.4) is 0 Å². The highest BCUT2D eigenvalue weighted by Gasteiger charge is 2.26. The molecule has 0 spiro atoms. The van der Waals surface area contributed by atoms with Crippen LogP contribution in [0.25, 0.3) is 0 Å². The van der Waals surface area contributed by atoms with Crippen molar-refractivity contribution in [2.45, 2.75) is 39.0 Å². The molecule has 2 amide bonds. The van der Waals surface area contributed by atoms with Crippen LogP contribution >= 0.6 is 0 Å². The molecular weight excluding hydrogens is 388 g/mol. The number of esters is 1. The second-order valence-electron chi connectivity index (χ2n) is 7.38. The van der Waals surface area contributed by atoms with Gasteiger partial charge in [-0.1, -0.05) is 48.5 Å². The third kappa shape index (κ3) is 8.64. The number of carbonyl (C=O) groups is 3. The molecule has 2 aromatic rings. The van der Waals surface area contributed by atoms with Crippen molar-refractivity contribution in [3.63, 3.8) is 0 Å². The van der Waals surface area contributed by atoms with Gasteiger partial charge in [0.25, 0.3) is 0 Å². The summed E-state index contributed by atoms with van der Waals surface area (Å²) in [5.74, 6) is -0.446. The van der Waals surface area contributed by atoms with Crippen molar-refractivity contribution < 1.29 is 28.6 Å². The van der Waals surface area contributed by atoms with Crippen LogP contribution < -0.4 is 15.4 Å². The normalized spacial score (nSPS) is 11.7. The van der Waals surface area contributed by atoms with Gasteiger partial charge in [-0.15, -0.1) is 0 Å². The zero-order valence-corrected chi connectivity index (χ0v) is 17.2. The second kappa shape index (κ2) is 10.8. The number of amides is 2. The number of para-hydroxylation sites is 1. The number of carbonyl (C=O) groups excluding carboxylic acids is 3. The first-order chi connectivity index (χ1) is 14.2. The van der Waals surface area contributed by atoms with E-state index in [4.69, 9.17) is 14.2 Å². The molecule has 8 heteroatoms. The second-order valence-corrected chi connectivity index (χ2v) is 7.38. The van der Waals surface area contributed by atoms with E-state index in [-0.39, 0.29) is 13.2 Å². The van der Waals surface area contributed by atoms with Crippen molar-refractivity contribution in [2.24, 2.45) is 0 Å². The first-order valence-electron chi connectivity index (χ1n) is 9.44. The van der Waals surface area contributed by atoms with Crippen LogP contribution in [-0.4, -0.2) is 36.3 Å². The van der Waals surface area contributed by atoms with Crippen LogP contribution in [0.5, 0.6) is 5.75 Å². The number of benzene rings is 2. The summed E-state index contributed by atoms with van der Waals surface area (Å²) in [4.78, 5) is 36.6. The predicted molar refractivity (Wildman–Crippen MR) is 110 cm³/mol. The molecule has 0 aliphatic heterocycles. The van der Waals surface area contributed by atoms with Crippen LogP contribution in [0.2, 0.25) is 0 Å². The maximum atomic E-state index is 12.5. The maximum Gasteiger partial charge on any atom is 0.408 e. The van der Waals surface area contributed by atoms with Crippen LogP contribution in [0, 0.1) is 0 Å². The Balaban J connectivity index is 1.97. The molecule has 8 nitrogen and oxygen atoms in total. The van der Waals surface area contributed by atoms with E-state index in [0.717, 1.165) is 5.56 Å². The van der Waals surface area contributed by atoms with Gasteiger partial charge < -0.3 is 24.8 Å². The summed E-state index contributed by atoms with van der Waals surface area (Å²) in [6.07, 6.45) is -1.54. The summed E-state index contributed by atoms with van der Waals surface area (Å²) in [7, 11) is 0. The molecule has 2 N–H and O–H groups in total. The topological polar surface area (TPSA) is 103 Å². The highest BCUT2D eigenvalue weighted by Crippen LogP contribution is 2.10. The Kier molecular flexibility index (Phi) is 8.22. The van der Waals surface area contributed by atoms with Gasteiger partial charge in [0.15, 0.2) is 0 Å².